The SMILES string of the molecule is COc1ccc(C(=O)NCc2cccc(C(F)(F)F)c2)cc1Oc1nc(Cc2ccc(C)cc2)ns1. The molecule has 0 atom stereocenters. The van der Waals surface area contributed by atoms with Gasteiger partial charge in [0.1, 0.15) is 0 Å². The van der Waals surface area contributed by atoms with E-state index in [2.05, 4.69) is 14.7 Å². The number of amides is 1. The summed E-state index contributed by atoms with van der Waals surface area (Å²) in [6.07, 6.45) is -3.90. The standard InChI is InChI=1S/C26H22F3N3O3S/c1-16-6-8-17(9-7-16)13-23-31-25(36-32-23)35-22-14-19(10-11-21(22)34-2)24(33)30-15-18-4-3-5-20(12-18)26(27,28)29/h3-12,14H,13,15H2,1-2H3,(H,30,33). The second kappa shape index (κ2) is 10.8. The number of aromatic nitrogens is 2. The molecule has 1 N–H and O–H groups in total. The summed E-state index contributed by atoms with van der Waals surface area (Å²) >= 11 is 1.08. The van der Waals surface area contributed by atoms with Gasteiger partial charge in [0.15, 0.2) is 17.3 Å². The summed E-state index contributed by atoms with van der Waals surface area (Å²) in [5, 5.41) is 2.92. The van der Waals surface area contributed by atoms with Crippen molar-refractivity contribution in [3.63, 3.8) is 0 Å². The Labute approximate surface area is 209 Å². The number of rotatable bonds is 8. The predicted octanol–water partition coefficient (Wildman–Crippen LogP) is 6.19. The van der Waals surface area contributed by atoms with Crippen LogP contribution in [0.1, 0.15) is 38.4 Å². The molecule has 1 aromatic heterocycles. The van der Waals surface area contributed by atoms with Gasteiger partial charge in [-0.1, -0.05) is 42.0 Å². The van der Waals surface area contributed by atoms with Crippen molar-refractivity contribution in [3.8, 4) is 16.7 Å². The highest BCUT2D eigenvalue weighted by molar-refractivity contribution is 7.07. The number of carbonyl (C=O) groups is 1. The van der Waals surface area contributed by atoms with Gasteiger partial charge in [-0.3, -0.25) is 4.79 Å². The van der Waals surface area contributed by atoms with Gasteiger partial charge in [0.05, 0.1) is 12.7 Å². The van der Waals surface area contributed by atoms with Gasteiger partial charge in [0, 0.05) is 30.1 Å². The molecule has 6 nitrogen and oxygen atoms in total. The molecule has 0 radical (unpaired) electrons. The number of hydrogen-bond acceptors (Lipinski definition) is 6. The number of carbonyl (C=O) groups excluding carboxylic acids is 1. The average Bonchev–Trinajstić information content (AvgIpc) is 3.30. The first-order valence-electron chi connectivity index (χ1n) is 10.9. The molecule has 0 aliphatic heterocycles. The summed E-state index contributed by atoms with van der Waals surface area (Å²) in [7, 11) is 1.47. The lowest BCUT2D eigenvalue weighted by atomic mass is 10.1. The second-order valence-electron chi connectivity index (χ2n) is 7.99. The van der Waals surface area contributed by atoms with Crippen LogP contribution in [0, 0.1) is 6.92 Å². The summed E-state index contributed by atoms with van der Waals surface area (Å²) in [5.74, 6) is 0.784. The largest absolute Gasteiger partial charge is 0.493 e. The third-order valence-corrected chi connectivity index (χ3v) is 5.90. The molecule has 0 saturated heterocycles. The molecule has 1 heterocycles. The number of ether oxygens (including phenoxy) is 2. The number of benzene rings is 3. The van der Waals surface area contributed by atoms with Crippen molar-refractivity contribution in [1.29, 1.82) is 0 Å². The van der Waals surface area contributed by atoms with Crippen molar-refractivity contribution in [2.45, 2.75) is 26.1 Å². The molecular formula is C26H22F3N3O3S. The molecule has 0 unspecified atom stereocenters. The highest BCUT2D eigenvalue weighted by atomic mass is 32.1. The molecule has 0 aliphatic rings. The molecule has 10 heteroatoms. The number of alkyl halides is 3. The lowest BCUT2D eigenvalue weighted by Gasteiger charge is -2.11. The maximum absolute atomic E-state index is 12.9. The molecule has 0 spiro atoms. The van der Waals surface area contributed by atoms with Gasteiger partial charge in [-0.2, -0.15) is 22.5 Å². The van der Waals surface area contributed by atoms with Crippen molar-refractivity contribution in [3.05, 3.63) is 100 Å². The molecule has 0 aliphatic carbocycles. The topological polar surface area (TPSA) is 73.3 Å². The van der Waals surface area contributed by atoms with Crippen LogP contribution in [0.15, 0.2) is 66.7 Å². The Morgan fingerprint density at radius 2 is 1.78 bits per heavy atom. The normalized spacial score (nSPS) is 11.2. The molecule has 0 saturated carbocycles. The molecule has 4 aromatic rings. The van der Waals surface area contributed by atoms with Crippen molar-refractivity contribution in [1.82, 2.24) is 14.7 Å². The van der Waals surface area contributed by atoms with Crippen molar-refractivity contribution in [2.75, 3.05) is 7.11 Å². The minimum absolute atomic E-state index is 0.0657. The summed E-state index contributed by atoms with van der Waals surface area (Å²) in [6, 6.07) is 17.5. The van der Waals surface area contributed by atoms with Gasteiger partial charge in [0.25, 0.3) is 11.1 Å². The molecule has 186 valence electrons. The molecule has 0 bridgehead atoms. The van der Waals surface area contributed by atoms with Crippen molar-refractivity contribution < 1.29 is 27.4 Å². The van der Waals surface area contributed by atoms with Crippen molar-refractivity contribution >= 4 is 17.4 Å². The Balaban J connectivity index is 1.44. The van der Waals surface area contributed by atoms with Crippen LogP contribution in [-0.2, 0) is 19.1 Å². The van der Waals surface area contributed by atoms with Crippen LogP contribution in [0.25, 0.3) is 0 Å². The maximum atomic E-state index is 12.9. The van der Waals surface area contributed by atoms with E-state index >= 15 is 0 Å². The Morgan fingerprint density at radius 3 is 2.50 bits per heavy atom. The Morgan fingerprint density at radius 1 is 1.00 bits per heavy atom. The van der Waals surface area contributed by atoms with Gasteiger partial charge in [-0.05, 0) is 48.4 Å². The van der Waals surface area contributed by atoms with Gasteiger partial charge in [-0.25, -0.2) is 0 Å². The number of nitrogens with one attached hydrogen (secondary N) is 1. The van der Waals surface area contributed by atoms with Crippen LogP contribution in [0.5, 0.6) is 16.7 Å². The van der Waals surface area contributed by atoms with E-state index in [1.807, 2.05) is 31.2 Å². The molecule has 3 aromatic carbocycles. The van der Waals surface area contributed by atoms with Gasteiger partial charge in [0.2, 0.25) is 0 Å². The van der Waals surface area contributed by atoms with E-state index in [-0.39, 0.29) is 23.1 Å². The van der Waals surface area contributed by atoms with E-state index in [0.717, 1.165) is 29.2 Å². The Bertz CT molecular complexity index is 1350. The highest BCUT2D eigenvalue weighted by Gasteiger charge is 2.30. The molecule has 1 amide bonds. The summed E-state index contributed by atoms with van der Waals surface area (Å²) in [5.41, 5.74) is 2.05. The number of hydrogen-bond donors (Lipinski definition) is 1. The Kier molecular flexibility index (Phi) is 7.54. The molecule has 4 rings (SSSR count). The zero-order valence-corrected chi connectivity index (χ0v) is 20.2. The monoisotopic (exact) mass is 513 g/mol. The van der Waals surface area contributed by atoms with Crippen LogP contribution >= 0.6 is 11.5 Å². The van der Waals surface area contributed by atoms with Gasteiger partial charge in [-0.15, -0.1) is 0 Å². The van der Waals surface area contributed by atoms with Crippen LogP contribution in [-0.4, -0.2) is 22.4 Å². The maximum Gasteiger partial charge on any atom is 0.416 e. The average molecular weight is 514 g/mol. The second-order valence-corrected chi connectivity index (χ2v) is 8.70. The number of aryl methyl sites for hydroxylation is 1. The third kappa shape index (κ3) is 6.39. The minimum Gasteiger partial charge on any atom is -0.493 e. The van der Waals surface area contributed by atoms with Crippen LogP contribution < -0.4 is 14.8 Å². The van der Waals surface area contributed by atoms with Gasteiger partial charge >= 0.3 is 6.18 Å². The molecule has 36 heavy (non-hydrogen) atoms. The first kappa shape index (κ1) is 25.2. The van der Waals surface area contributed by atoms with Crippen LogP contribution in [0.2, 0.25) is 0 Å². The number of halogens is 3. The van der Waals surface area contributed by atoms with E-state index < -0.39 is 17.6 Å². The zero-order valence-electron chi connectivity index (χ0n) is 19.4. The fourth-order valence-electron chi connectivity index (χ4n) is 3.37. The third-order valence-electron chi connectivity index (χ3n) is 5.26. The summed E-state index contributed by atoms with van der Waals surface area (Å²) in [6.45, 7) is 1.95. The van der Waals surface area contributed by atoms with Gasteiger partial charge < -0.3 is 14.8 Å². The fraction of sp³-hybridized carbons (Fsp3) is 0.192. The molecular weight excluding hydrogens is 491 g/mol. The molecule has 0 fully saturated rings. The summed E-state index contributed by atoms with van der Waals surface area (Å²) in [4.78, 5) is 17.1. The van der Waals surface area contributed by atoms with E-state index in [4.69, 9.17) is 9.47 Å². The zero-order chi connectivity index (χ0) is 25.7. The number of methoxy groups -OCH3 is 1. The summed E-state index contributed by atoms with van der Waals surface area (Å²) < 4.78 is 54.3. The van der Waals surface area contributed by atoms with Crippen LogP contribution in [0.3, 0.4) is 0 Å². The smallest absolute Gasteiger partial charge is 0.416 e. The van der Waals surface area contributed by atoms with Crippen LogP contribution in [0.4, 0.5) is 13.2 Å². The minimum atomic E-state index is -4.45. The van der Waals surface area contributed by atoms with E-state index in [9.17, 15) is 18.0 Å². The van der Waals surface area contributed by atoms with E-state index in [0.29, 0.717) is 23.6 Å². The van der Waals surface area contributed by atoms with E-state index in [1.165, 1.54) is 36.9 Å². The first-order chi connectivity index (χ1) is 17.2. The quantitative estimate of drug-likeness (QED) is 0.304. The predicted molar refractivity (Wildman–Crippen MR) is 130 cm³/mol. The van der Waals surface area contributed by atoms with E-state index in [1.54, 1.807) is 6.07 Å². The fourth-order valence-corrected chi connectivity index (χ4v) is 3.94. The lowest BCUT2D eigenvalue weighted by molar-refractivity contribution is -0.137. The van der Waals surface area contributed by atoms with Crippen molar-refractivity contribution in [2.24, 2.45) is 0 Å². The number of nitrogens with zero attached hydrogens (tertiary/aromatic N) is 2. The Hall–Kier alpha value is -3.92. The first-order valence-corrected chi connectivity index (χ1v) is 11.7. The highest BCUT2D eigenvalue weighted by Crippen LogP contribution is 2.33. The lowest BCUT2D eigenvalue weighted by Crippen LogP contribution is -2.23.